The molecule has 11 heteroatoms. The van der Waals surface area contributed by atoms with E-state index in [0.29, 0.717) is 45.0 Å². The van der Waals surface area contributed by atoms with Gasteiger partial charge in [-0.15, -0.1) is 0 Å². The fraction of sp³-hybridized carbons (Fsp3) is 0.289. The van der Waals surface area contributed by atoms with Crippen molar-refractivity contribution >= 4 is 23.9 Å². The number of ether oxygens (including phenoxy) is 3. The molecule has 10 nitrogen and oxygen atoms in total. The lowest BCUT2D eigenvalue weighted by Gasteiger charge is -2.18. The Labute approximate surface area is 284 Å². The van der Waals surface area contributed by atoms with Crippen LogP contribution >= 0.6 is 0 Å². The molecule has 0 saturated heterocycles. The third-order valence-electron chi connectivity index (χ3n) is 7.94. The molecule has 0 fully saturated rings. The Bertz CT molecular complexity index is 1800. The van der Waals surface area contributed by atoms with Gasteiger partial charge in [0.15, 0.2) is 0 Å². The zero-order chi connectivity index (χ0) is 35.7. The summed E-state index contributed by atoms with van der Waals surface area (Å²) in [6, 6.07) is 19.8. The summed E-state index contributed by atoms with van der Waals surface area (Å²) in [5, 5.41) is 24.2. The van der Waals surface area contributed by atoms with Gasteiger partial charge < -0.3 is 34.3 Å². The van der Waals surface area contributed by atoms with Crippen LogP contribution in [0.3, 0.4) is 0 Å². The molecule has 0 aliphatic heterocycles. The third-order valence-corrected chi connectivity index (χ3v) is 7.94. The van der Waals surface area contributed by atoms with E-state index in [9.17, 15) is 29.0 Å². The van der Waals surface area contributed by atoms with Gasteiger partial charge >= 0.3 is 11.9 Å². The van der Waals surface area contributed by atoms with E-state index in [4.69, 9.17) is 9.47 Å². The summed E-state index contributed by atoms with van der Waals surface area (Å²) in [4.78, 5) is 38.1. The van der Waals surface area contributed by atoms with Crippen LogP contribution in [0.25, 0.3) is 28.3 Å². The zero-order valence-electron chi connectivity index (χ0n) is 28.1. The van der Waals surface area contributed by atoms with Crippen molar-refractivity contribution in [3.05, 3.63) is 107 Å². The number of hydrogen-bond donors (Lipinski definition) is 3. The highest BCUT2D eigenvalue weighted by molar-refractivity contribution is 6.06. The van der Waals surface area contributed by atoms with Gasteiger partial charge in [0, 0.05) is 41.4 Å². The van der Waals surface area contributed by atoms with Crippen molar-refractivity contribution in [2.24, 2.45) is 0 Å². The molecule has 0 radical (unpaired) electrons. The Morgan fingerprint density at radius 1 is 0.898 bits per heavy atom. The largest absolute Gasteiger partial charge is 0.496 e. The summed E-state index contributed by atoms with van der Waals surface area (Å²) in [7, 11) is 3.98. The van der Waals surface area contributed by atoms with Gasteiger partial charge in [-0.05, 0) is 55.3 Å². The minimum absolute atomic E-state index is 0.0643. The SMILES string of the molecule is COC(=O)C[C@H](O)C[C@H](O)C=Cc1c(-c2ccc(F)cc2)c(-c2ccccc2)c(C(=O)NCc2ccc(C(=O)OC)cc2OC)n1C(C)C. The predicted molar refractivity (Wildman–Crippen MR) is 183 cm³/mol. The molecule has 0 spiro atoms. The molecule has 1 aromatic heterocycles. The highest BCUT2D eigenvalue weighted by atomic mass is 19.1. The maximum atomic E-state index is 14.4. The number of hydrogen-bond acceptors (Lipinski definition) is 8. The van der Waals surface area contributed by atoms with Crippen LogP contribution in [0.4, 0.5) is 4.39 Å². The molecule has 49 heavy (non-hydrogen) atoms. The number of carbonyl (C=O) groups is 3. The van der Waals surface area contributed by atoms with E-state index in [0.717, 1.165) is 5.56 Å². The fourth-order valence-electron chi connectivity index (χ4n) is 5.64. The van der Waals surface area contributed by atoms with Crippen LogP contribution < -0.4 is 10.1 Å². The molecular weight excluding hydrogens is 631 g/mol. The predicted octanol–water partition coefficient (Wildman–Crippen LogP) is 5.96. The first-order chi connectivity index (χ1) is 23.5. The van der Waals surface area contributed by atoms with Gasteiger partial charge in [0.05, 0.1) is 45.5 Å². The number of esters is 2. The lowest BCUT2D eigenvalue weighted by atomic mass is 9.94. The molecule has 2 atom stereocenters. The number of amides is 1. The average molecular weight is 673 g/mol. The van der Waals surface area contributed by atoms with Crippen molar-refractivity contribution in [1.82, 2.24) is 9.88 Å². The van der Waals surface area contributed by atoms with Crippen LogP contribution in [0.5, 0.6) is 5.75 Å². The van der Waals surface area contributed by atoms with Gasteiger partial charge in [-0.1, -0.05) is 54.6 Å². The summed E-state index contributed by atoms with van der Waals surface area (Å²) >= 11 is 0. The first kappa shape index (κ1) is 36.6. The molecule has 4 aromatic rings. The van der Waals surface area contributed by atoms with E-state index in [1.807, 2.05) is 48.7 Å². The Morgan fingerprint density at radius 2 is 1.57 bits per heavy atom. The third kappa shape index (κ3) is 8.81. The number of nitrogens with zero attached hydrogens (tertiary/aromatic N) is 1. The molecule has 258 valence electrons. The number of aliphatic hydroxyl groups excluding tert-OH is 2. The number of aromatic nitrogens is 1. The molecule has 0 aliphatic rings. The summed E-state index contributed by atoms with van der Waals surface area (Å²) < 4.78 is 30.9. The topological polar surface area (TPSA) is 136 Å². The van der Waals surface area contributed by atoms with Crippen molar-refractivity contribution in [1.29, 1.82) is 0 Å². The van der Waals surface area contributed by atoms with Crippen molar-refractivity contribution < 1.29 is 43.2 Å². The van der Waals surface area contributed by atoms with Crippen molar-refractivity contribution in [3.63, 3.8) is 0 Å². The highest BCUT2D eigenvalue weighted by Crippen LogP contribution is 2.42. The van der Waals surface area contributed by atoms with Gasteiger partial charge in [-0.3, -0.25) is 9.59 Å². The van der Waals surface area contributed by atoms with Crippen LogP contribution in [0.2, 0.25) is 0 Å². The maximum absolute atomic E-state index is 14.4. The lowest BCUT2D eigenvalue weighted by Crippen LogP contribution is -2.27. The highest BCUT2D eigenvalue weighted by Gasteiger charge is 2.29. The number of rotatable bonds is 14. The van der Waals surface area contributed by atoms with Gasteiger partial charge in [0.25, 0.3) is 5.91 Å². The van der Waals surface area contributed by atoms with Crippen molar-refractivity contribution in [2.45, 2.75) is 51.5 Å². The summed E-state index contributed by atoms with van der Waals surface area (Å²) in [5.74, 6) is -1.57. The molecule has 1 heterocycles. The van der Waals surface area contributed by atoms with Gasteiger partial charge in [0.2, 0.25) is 0 Å². The van der Waals surface area contributed by atoms with E-state index in [-0.39, 0.29) is 25.4 Å². The van der Waals surface area contributed by atoms with Crippen molar-refractivity contribution in [2.75, 3.05) is 21.3 Å². The molecule has 0 aliphatic carbocycles. The molecule has 3 N–H and O–H groups in total. The molecule has 0 bridgehead atoms. The molecule has 4 rings (SSSR count). The second-order valence-corrected chi connectivity index (χ2v) is 11.6. The number of aliphatic hydroxyl groups is 2. The number of benzene rings is 3. The second-order valence-electron chi connectivity index (χ2n) is 11.6. The molecule has 0 saturated carbocycles. The standard InChI is InChI=1S/C38H41FN2O8/c1-23(2)41-31(18-17-29(42)20-30(43)21-33(44)48-4)34(25-13-15-28(39)16-14-25)35(24-9-7-6-8-10-24)36(41)37(45)40-22-27-12-11-26(38(46)49-5)19-32(27)47-3/h6-19,23,29-30,42-43H,20-22H2,1-5H3,(H,40,45)/t29-,30-/m1/s1. The van der Waals surface area contributed by atoms with Crippen LogP contribution in [-0.4, -0.2) is 66.2 Å². The zero-order valence-corrected chi connectivity index (χ0v) is 28.1. The maximum Gasteiger partial charge on any atom is 0.337 e. The van der Waals surface area contributed by atoms with Gasteiger partial charge in [-0.2, -0.15) is 0 Å². The number of methoxy groups -OCH3 is 3. The molecular formula is C38H41FN2O8. The molecule has 0 unspecified atom stereocenters. The number of carbonyl (C=O) groups excluding carboxylic acids is 3. The first-order valence-corrected chi connectivity index (χ1v) is 15.7. The van der Waals surface area contributed by atoms with E-state index in [1.54, 1.807) is 36.4 Å². The first-order valence-electron chi connectivity index (χ1n) is 15.7. The van der Waals surface area contributed by atoms with Crippen LogP contribution in [0.1, 0.15) is 64.8 Å². The average Bonchev–Trinajstić information content (AvgIpc) is 3.45. The van der Waals surface area contributed by atoms with Gasteiger partial charge in [-0.25, -0.2) is 9.18 Å². The van der Waals surface area contributed by atoms with E-state index in [2.05, 4.69) is 10.1 Å². The minimum atomic E-state index is -1.14. The number of halogens is 1. The summed E-state index contributed by atoms with van der Waals surface area (Å²) in [6.45, 7) is 3.90. The summed E-state index contributed by atoms with van der Waals surface area (Å²) in [5.41, 5.74) is 4.39. The van der Waals surface area contributed by atoms with Crippen LogP contribution in [-0.2, 0) is 20.8 Å². The van der Waals surface area contributed by atoms with E-state index in [1.165, 1.54) is 39.5 Å². The Kier molecular flexibility index (Phi) is 12.5. The summed E-state index contributed by atoms with van der Waals surface area (Å²) in [6.07, 6.45) is 0.478. The lowest BCUT2D eigenvalue weighted by molar-refractivity contribution is -0.143. The molecule has 1 amide bonds. The van der Waals surface area contributed by atoms with Crippen LogP contribution in [0, 0.1) is 5.82 Å². The number of nitrogens with one attached hydrogen (secondary N) is 1. The normalized spacial score (nSPS) is 12.5. The second kappa shape index (κ2) is 16.7. The Morgan fingerprint density at radius 3 is 2.18 bits per heavy atom. The quantitative estimate of drug-likeness (QED) is 0.140. The van der Waals surface area contributed by atoms with Crippen LogP contribution in [0.15, 0.2) is 78.9 Å². The Balaban J connectivity index is 1.87. The van der Waals surface area contributed by atoms with E-state index >= 15 is 0 Å². The van der Waals surface area contributed by atoms with E-state index < -0.39 is 35.9 Å². The smallest absolute Gasteiger partial charge is 0.337 e. The van der Waals surface area contributed by atoms with Gasteiger partial charge in [0.1, 0.15) is 17.3 Å². The fourth-order valence-corrected chi connectivity index (χ4v) is 5.64. The minimum Gasteiger partial charge on any atom is -0.496 e. The Hall–Kier alpha value is -5.26. The van der Waals surface area contributed by atoms with Crippen molar-refractivity contribution in [3.8, 4) is 28.0 Å². The molecule has 3 aromatic carbocycles. The monoisotopic (exact) mass is 672 g/mol.